The SMILES string of the molecule is CCOC(=O)c1cc2cc(NC(=O)NCc3ccc(O)c(OC)c3)ccc2s1. The van der Waals surface area contributed by atoms with Crippen LogP contribution in [0.2, 0.25) is 0 Å². The van der Waals surface area contributed by atoms with Crippen molar-refractivity contribution in [1.82, 2.24) is 5.32 Å². The zero-order valence-corrected chi connectivity index (χ0v) is 16.3. The van der Waals surface area contributed by atoms with Gasteiger partial charge in [0.15, 0.2) is 11.5 Å². The van der Waals surface area contributed by atoms with E-state index in [1.54, 1.807) is 37.3 Å². The van der Waals surface area contributed by atoms with Crippen LogP contribution in [0.5, 0.6) is 11.5 Å². The standard InChI is InChI=1S/C20H20N2O5S/c1-3-27-19(24)18-10-13-9-14(5-7-17(13)28-18)22-20(25)21-11-12-4-6-15(23)16(8-12)26-2/h4-10,23H,3,11H2,1-2H3,(H2,21,22,25). The molecule has 146 valence electrons. The van der Waals surface area contributed by atoms with Crippen molar-refractivity contribution < 1.29 is 24.2 Å². The first-order valence-electron chi connectivity index (χ1n) is 8.61. The van der Waals surface area contributed by atoms with E-state index in [2.05, 4.69) is 10.6 Å². The molecule has 2 aromatic carbocycles. The number of carbonyl (C=O) groups excluding carboxylic acids is 2. The van der Waals surface area contributed by atoms with Gasteiger partial charge in [-0.25, -0.2) is 9.59 Å². The van der Waals surface area contributed by atoms with Gasteiger partial charge in [0.2, 0.25) is 0 Å². The molecule has 0 atom stereocenters. The Morgan fingerprint density at radius 3 is 2.71 bits per heavy atom. The monoisotopic (exact) mass is 400 g/mol. The van der Waals surface area contributed by atoms with E-state index in [0.717, 1.165) is 15.6 Å². The summed E-state index contributed by atoms with van der Waals surface area (Å²) in [4.78, 5) is 24.5. The van der Waals surface area contributed by atoms with Crippen LogP contribution in [0.3, 0.4) is 0 Å². The van der Waals surface area contributed by atoms with Crippen molar-refractivity contribution in [2.24, 2.45) is 0 Å². The fourth-order valence-corrected chi connectivity index (χ4v) is 3.55. The number of methoxy groups -OCH3 is 1. The van der Waals surface area contributed by atoms with Crippen LogP contribution in [0.15, 0.2) is 42.5 Å². The molecule has 0 bridgehead atoms. The van der Waals surface area contributed by atoms with Gasteiger partial charge in [-0.1, -0.05) is 6.07 Å². The van der Waals surface area contributed by atoms with Gasteiger partial charge in [0.05, 0.1) is 13.7 Å². The fraction of sp³-hybridized carbons (Fsp3) is 0.200. The number of ether oxygens (including phenoxy) is 2. The molecule has 3 rings (SSSR count). The summed E-state index contributed by atoms with van der Waals surface area (Å²) in [6, 6.07) is 11.7. The van der Waals surface area contributed by atoms with E-state index in [1.165, 1.54) is 24.5 Å². The minimum Gasteiger partial charge on any atom is -0.504 e. The van der Waals surface area contributed by atoms with Gasteiger partial charge in [0.1, 0.15) is 4.88 Å². The number of urea groups is 1. The number of anilines is 1. The molecular weight excluding hydrogens is 380 g/mol. The zero-order valence-electron chi connectivity index (χ0n) is 15.4. The van der Waals surface area contributed by atoms with Crippen molar-refractivity contribution in [3.8, 4) is 11.5 Å². The second-order valence-corrected chi connectivity index (χ2v) is 6.98. The Morgan fingerprint density at radius 2 is 1.96 bits per heavy atom. The molecule has 0 aliphatic rings. The maximum atomic E-state index is 12.2. The number of esters is 1. The lowest BCUT2D eigenvalue weighted by Gasteiger charge is -2.09. The number of aromatic hydroxyl groups is 1. The molecule has 0 unspecified atom stereocenters. The molecule has 28 heavy (non-hydrogen) atoms. The largest absolute Gasteiger partial charge is 0.504 e. The van der Waals surface area contributed by atoms with Crippen molar-refractivity contribution in [2.45, 2.75) is 13.5 Å². The number of benzene rings is 2. The molecular formula is C20H20N2O5S. The van der Waals surface area contributed by atoms with Crippen LogP contribution in [-0.2, 0) is 11.3 Å². The average Bonchev–Trinajstić information content (AvgIpc) is 3.11. The number of hydrogen-bond donors (Lipinski definition) is 3. The van der Waals surface area contributed by atoms with E-state index in [9.17, 15) is 14.7 Å². The van der Waals surface area contributed by atoms with Crippen molar-refractivity contribution >= 4 is 39.1 Å². The summed E-state index contributed by atoms with van der Waals surface area (Å²) >= 11 is 1.35. The predicted octanol–water partition coefficient (Wildman–Crippen LogP) is 4.11. The lowest BCUT2D eigenvalue weighted by molar-refractivity contribution is 0.0532. The first-order valence-corrected chi connectivity index (χ1v) is 9.43. The third kappa shape index (κ3) is 4.52. The maximum absolute atomic E-state index is 12.2. The Kier molecular flexibility index (Phi) is 6.00. The molecule has 7 nitrogen and oxygen atoms in total. The number of thiophene rings is 1. The normalized spacial score (nSPS) is 10.5. The first-order chi connectivity index (χ1) is 13.5. The van der Waals surface area contributed by atoms with E-state index in [-0.39, 0.29) is 24.3 Å². The van der Waals surface area contributed by atoms with Crippen LogP contribution in [0.1, 0.15) is 22.2 Å². The number of nitrogens with one attached hydrogen (secondary N) is 2. The first kappa shape index (κ1) is 19.5. The van der Waals surface area contributed by atoms with Crippen LogP contribution in [-0.4, -0.2) is 30.8 Å². The summed E-state index contributed by atoms with van der Waals surface area (Å²) in [6.45, 7) is 2.36. The molecule has 0 radical (unpaired) electrons. The highest BCUT2D eigenvalue weighted by Gasteiger charge is 2.12. The molecule has 3 aromatic rings. The van der Waals surface area contributed by atoms with Gasteiger partial charge in [-0.15, -0.1) is 11.3 Å². The quantitative estimate of drug-likeness (QED) is 0.541. The molecule has 1 heterocycles. The Bertz CT molecular complexity index is 1010. The highest BCUT2D eigenvalue weighted by molar-refractivity contribution is 7.20. The molecule has 3 N–H and O–H groups in total. The molecule has 0 saturated heterocycles. The summed E-state index contributed by atoms with van der Waals surface area (Å²) in [5, 5.41) is 16.0. The minimum atomic E-state index is -0.368. The number of phenolic OH excluding ortho intramolecular Hbond substituents is 1. The van der Waals surface area contributed by atoms with Crippen molar-refractivity contribution in [1.29, 1.82) is 0 Å². The van der Waals surface area contributed by atoms with E-state index >= 15 is 0 Å². The Morgan fingerprint density at radius 1 is 1.14 bits per heavy atom. The van der Waals surface area contributed by atoms with Gasteiger partial charge >= 0.3 is 12.0 Å². The smallest absolute Gasteiger partial charge is 0.348 e. The topological polar surface area (TPSA) is 96.9 Å². The van der Waals surface area contributed by atoms with Crippen molar-refractivity contribution in [3.63, 3.8) is 0 Å². The highest BCUT2D eigenvalue weighted by Crippen LogP contribution is 2.29. The summed E-state index contributed by atoms with van der Waals surface area (Å²) in [5.41, 5.74) is 1.40. The van der Waals surface area contributed by atoms with Crippen LogP contribution in [0.4, 0.5) is 10.5 Å². The van der Waals surface area contributed by atoms with Gasteiger partial charge in [-0.3, -0.25) is 0 Å². The summed E-state index contributed by atoms with van der Waals surface area (Å²) in [5.74, 6) is 0.0438. The molecule has 0 fully saturated rings. The van der Waals surface area contributed by atoms with Crippen molar-refractivity contribution in [2.75, 3.05) is 19.0 Å². The number of amides is 2. The fourth-order valence-electron chi connectivity index (χ4n) is 2.61. The second-order valence-electron chi connectivity index (χ2n) is 5.90. The Labute approximate surface area is 165 Å². The number of fused-ring (bicyclic) bond motifs is 1. The van der Waals surface area contributed by atoms with Crippen LogP contribution >= 0.6 is 11.3 Å². The number of phenols is 1. The molecule has 0 spiro atoms. The van der Waals surface area contributed by atoms with E-state index in [4.69, 9.17) is 9.47 Å². The molecule has 0 saturated carbocycles. The van der Waals surface area contributed by atoms with E-state index < -0.39 is 0 Å². The maximum Gasteiger partial charge on any atom is 0.348 e. The van der Waals surface area contributed by atoms with E-state index in [0.29, 0.717) is 22.9 Å². The lowest BCUT2D eigenvalue weighted by atomic mass is 10.2. The number of hydrogen-bond acceptors (Lipinski definition) is 6. The van der Waals surface area contributed by atoms with Gasteiger partial charge < -0.3 is 25.2 Å². The predicted molar refractivity (Wildman–Crippen MR) is 108 cm³/mol. The second kappa shape index (κ2) is 8.62. The molecule has 2 amide bonds. The van der Waals surface area contributed by atoms with Gasteiger partial charge in [0, 0.05) is 16.9 Å². The third-order valence-corrected chi connectivity index (χ3v) is 5.04. The molecule has 0 aliphatic carbocycles. The zero-order chi connectivity index (χ0) is 20.1. The van der Waals surface area contributed by atoms with Crippen molar-refractivity contribution in [3.05, 3.63) is 52.9 Å². The molecule has 8 heteroatoms. The third-order valence-electron chi connectivity index (χ3n) is 3.95. The lowest BCUT2D eigenvalue weighted by Crippen LogP contribution is -2.28. The average molecular weight is 400 g/mol. The summed E-state index contributed by atoms with van der Waals surface area (Å²) in [6.07, 6.45) is 0. The van der Waals surface area contributed by atoms with Gasteiger partial charge in [0.25, 0.3) is 0 Å². The highest BCUT2D eigenvalue weighted by atomic mass is 32.1. The Balaban J connectivity index is 1.63. The van der Waals surface area contributed by atoms with Crippen LogP contribution in [0.25, 0.3) is 10.1 Å². The van der Waals surface area contributed by atoms with Gasteiger partial charge in [-0.2, -0.15) is 0 Å². The van der Waals surface area contributed by atoms with Gasteiger partial charge in [-0.05, 0) is 54.3 Å². The van der Waals surface area contributed by atoms with Crippen LogP contribution in [0, 0.1) is 0 Å². The summed E-state index contributed by atoms with van der Waals surface area (Å²) < 4.78 is 11.0. The van der Waals surface area contributed by atoms with E-state index in [1.807, 2.05) is 6.07 Å². The number of rotatable bonds is 6. The molecule has 1 aromatic heterocycles. The minimum absolute atomic E-state index is 0.0435. The van der Waals surface area contributed by atoms with Crippen LogP contribution < -0.4 is 15.4 Å². The number of carbonyl (C=O) groups is 2. The molecule has 0 aliphatic heterocycles. The Hall–Kier alpha value is -3.26. The summed E-state index contributed by atoms with van der Waals surface area (Å²) in [7, 11) is 1.47.